The van der Waals surface area contributed by atoms with Gasteiger partial charge in [0.05, 0.1) is 6.54 Å². The molecule has 1 aromatic carbocycles. The van der Waals surface area contributed by atoms with Crippen molar-refractivity contribution in [1.82, 2.24) is 5.32 Å². The summed E-state index contributed by atoms with van der Waals surface area (Å²) in [6.07, 6.45) is 0. The molecule has 0 saturated heterocycles. The summed E-state index contributed by atoms with van der Waals surface area (Å²) in [6.45, 7) is 7.92. The third-order valence-electron chi connectivity index (χ3n) is 3.48. The summed E-state index contributed by atoms with van der Waals surface area (Å²) in [5, 5.41) is 3.16. The molecule has 0 aliphatic heterocycles. The lowest BCUT2D eigenvalue weighted by molar-refractivity contribution is 0.478. The van der Waals surface area contributed by atoms with Gasteiger partial charge in [0, 0.05) is 24.8 Å². The second-order valence-corrected chi connectivity index (χ2v) is 5.53. The van der Waals surface area contributed by atoms with Crippen LogP contribution in [0.3, 0.4) is 0 Å². The number of furan rings is 1. The van der Waals surface area contributed by atoms with E-state index in [4.69, 9.17) is 4.42 Å². The van der Waals surface area contributed by atoms with E-state index >= 15 is 0 Å². The number of rotatable bonds is 5. The topological polar surface area (TPSA) is 28.4 Å². The molecule has 2 rings (SSSR count). The molecular formula is C17H24N2O. The second kappa shape index (κ2) is 6.14. The molecule has 3 heteroatoms. The van der Waals surface area contributed by atoms with E-state index in [2.05, 4.69) is 55.4 Å². The minimum absolute atomic E-state index is 0.785. The fourth-order valence-corrected chi connectivity index (χ4v) is 2.53. The molecule has 0 amide bonds. The zero-order valence-electron chi connectivity index (χ0n) is 13.1. The molecule has 0 atom stereocenters. The fourth-order valence-electron chi connectivity index (χ4n) is 2.53. The third kappa shape index (κ3) is 3.42. The molecule has 2 aromatic rings. The van der Waals surface area contributed by atoms with E-state index in [-0.39, 0.29) is 0 Å². The van der Waals surface area contributed by atoms with Crippen LogP contribution in [-0.2, 0) is 13.1 Å². The first-order valence-corrected chi connectivity index (χ1v) is 7.02. The van der Waals surface area contributed by atoms with Gasteiger partial charge in [0.1, 0.15) is 11.5 Å². The van der Waals surface area contributed by atoms with E-state index < -0.39 is 0 Å². The van der Waals surface area contributed by atoms with Crippen molar-refractivity contribution in [3.05, 3.63) is 52.5 Å². The number of hydrogen-bond donors (Lipinski definition) is 1. The Balaban J connectivity index is 2.14. The van der Waals surface area contributed by atoms with Crippen molar-refractivity contribution in [3.63, 3.8) is 0 Å². The lowest BCUT2D eigenvalue weighted by Gasteiger charge is -2.19. The minimum Gasteiger partial charge on any atom is -0.464 e. The highest BCUT2D eigenvalue weighted by atomic mass is 16.3. The zero-order valence-corrected chi connectivity index (χ0v) is 13.1. The van der Waals surface area contributed by atoms with Crippen molar-refractivity contribution in [2.24, 2.45) is 0 Å². The van der Waals surface area contributed by atoms with E-state index in [0.29, 0.717) is 0 Å². The molecule has 0 fully saturated rings. The smallest absolute Gasteiger partial charge is 0.123 e. The number of benzene rings is 1. The van der Waals surface area contributed by atoms with Gasteiger partial charge in [-0.1, -0.05) is 6.07 Å². The van der Waals surface area contributed by atoms with Crippen molar-refractivity contribution in [3.8, 4) is 0 Å². The molecule has 0 aliphatic carbocycles. The van der Waals surface area contributed by atoms with Crippen LogP contribution < -0.4 is 10.2 Å². The predicted molar refractivity (Wildman–Crippen MR) is 84.2 cm³/mol. The molecule has 0 spiro atoms. The van der Waals surface area contributed by atoms with Crippen LogP contribution >= 0.6 is 0 Å². The van der Waals surface area contributed by atoms with Gasteiger partial charge >= 0.3 is 0 Å². The third-order valence-corrected chi connectivity index (χ3v) is 3.48. The second-order valence-electron chi connectivity index (χ2n) is 5.53. The summed E-state index contributed by atoms with van der Waals surface area (Å²) < 4.78 is 5.84. The Morgan fingerprint density at radius 1 is 1.05 bits per heavy atom. The van der Waals surface area contributed by atoms with Crippen LogP contribution in [0.1, 0.15) is 28.2 Å². The summed E-state index contributed by atoms with van der Waals surface area (Å²) in [7, 11) is 4.05. The Hall–Kier alpha value is -1.74. The Morgan fingerprint density at radius 3 is 2.30 bits per heavy atom. The molecule has 0 bridgehead atoms. The molecule has 3 nitrogen and oxygen atoms in total. The average Bonchev–Trinajstić information content (AvgIpc) is 2.69. The lowest BCUT2D eigenvalue weighted by atomic mass is 10.1. The van der Waals surface area contributed by atoms with Gasteiger partial charge in [-0.05, 0) is 57.1 Å². The van der Waals surface area contributed by atoms with Crippen LogP contribution in [0.2, 0.25) is 0 Å². The maximum absolute atomic E-state index is 5.84. The molecule has 0 radical (unpaired) electrons. The summed E-state index contributed by atoms with van der Waals surface area (Å²) in [4.78, 5) is 2.22. The highest BCUT2D eigenvalue weighted by Gasteiger charge is 2.10. The Labute approximate surface area is 121 Å². The number of hydrogen-bond acceptors (Lipinski definition) is 3. The fraction of sp³-hybridized carbons (Fsp3) is 0.412. The van der Waals surface area contributed by atoms with Gasteiger partial charge in [-0.3, -0.25) is 0 Å². The highest BCUT2D eigenvalue weighted by Crippen LogP contribution is 2.21. The Morgan fingerprint density at radius 2 is 1.70 bits per heavy atom. The summed E-state index contributed by atoms with van der Waals surface area (Å²) in [5.74, 6) is 2.01. The maximum Gasteiger partial charge on any atom is 0.123 e. The van der Waals surface area contributed by atoms with Gasteiger partial charge < -0.3 is 14.6 Å². The molecule has 1 N–H and O–H groups in total. The normalized spacial score (nSPS) is 10.8. The SMILES string of the molecule is CNCc1cc(CN(C)c2cc(C)cc(C)c2)oc1C. The number of aryl methyl sites for hydroxylation is 3. The van der Waals surface area contributed by atoms with Crippen molar-refractivity contribution in [2.45, 2.75) is 33.9 Å². The first kappa shape index (κ1) is 14.7. The highest BCUT2D eigenvalue weighted by molar-refractivity contribution is 5.50. The van der Waals surface area contributed by atoms with Crippen LogP contribution in [-0.4, -0.2) is 14.1 Å². The van der Waals surface area contributed by atoms with Crippen LogP contribution in [0.4, 0.5) is 5.69 Å². The molecule has 0 aliphatic rings. The molecule has 108 valence electrons. The van der Waals surface area contributed by atoms with E-state index in [1.807, 2.05) is 14.0 Å². The van der Waals surface area contributed by atoms with E-state index in [9.17, 15) is 0 Å². The maximum atomic E-state index is 5.84. The minimum atomic E-state index is 0.785. The van der Waals surface area contributed by atoms with Crippen LogP contribution in [0.5, 0.6) is 0 Å². The molecule has 1 aromatic heterocycles. The summed E-state index contributed by atoms with van der Waals surface area (Å²) >= 11 is 0. The molecule has 0 unspecified atom stereocenters. The first-order chi connectivity index (χ1) is 9.49. The lowest BCUT2D eigenvalue weighted by Crippen LogP contribution is -2.16. The zero-order chi connectivity index (χ0) is 14.7. The van der Waals surface area contributed by atoms with E-state index in [1.165, 1.54) is 22.4 Å². The Kier molecular flexibility index (Phi) is 4.50. The summed E-state index contributed by atoms with van der Waals surface area (Å²) in [6, 6.07) is 8.75. The van der Waals surface area contributed by atoms with Crippen molar-refractivity contribution in [2.75, 3.05) is 19.0 Å². The van der Waals surface area contributed by atoms with Crippen molar-refractivity contribution >= 4 is 5.69 Å². The number of nitrogens with one attached hydrogen (secondary N) is 1. The van der Waals surface area contributed by atoms with Gasteiger partial charge in [-0.25, -0.2) is 0 Å². The van der Waals surface area contributed by atoms with Gasteiger partial charge in [-0.2, -0.15) is 0 Å². The summed E-state index contributed by atoms with van der Waals surface area (Å²) in [5.41, 5.74) is 5.04. The van der Waals surface area contributed by atoms with Gasteiger partial charge in [0.25, 0.3) is 0 Å². The van der Waals surface area contributed by atoms with Crippen molar-refractivity contribution < 1.29 is 4.42 Å². The van der Waals surface area contributed by atoms with Crippen molar-refractivity contribution in [1.29, 1.82) is 0 Å². The quantitative estimate of drug-likeness (QED) is 0.902. The van der Waals surface area contributed by atoms with Gasteiger partial charge in [0.2, 0.25) is 0 Å². The Bertz CT molecular complexity index is 566. The van der Waals surface area contributed by atoms with E-state index in [1.54, 1.807) is 0 Å². The van der Waals surface area contributed by atoms with Crippen LogP contribution in [0.15, 0.2) is 28.7 Å². The molecular weight excluding hydrogens is 248 g/mol. The van der Waals surface area contributed by atoms with Crippen LogP contribution in [0, 0.1) is 20.8 Å². The van der Waals surface area contributed by atoms with Crippen LogP contribution in [0.25, 0.3) is 0 Å². The molecule has 0 saturated carbocycles. The molecule has 1 heterocycles. The monoisotopic (exact) mass is 272 g/mol. The number of anilines is 1. The predicted octanol–water partition coefficient (Wildman–Crippen LogP) is 3.56. The number of nitrogens with zero attached hydrogens (tertiary/aromatic N) is 1. The average molecular weight is 272 g/mol. The van der Waals surface area contributed by atoms with Gasteiger partial charge in [-0.15, -0.1) is 0 Å². The standard InChI is InChI=1S/C17H24N2O/c1-12-6-13(2)8-16(7-12)19(5)11-17-9-15(10-18-4)14(3)20-17/h6-9,18H,10-11H2,1-5H3. The van der Waals surface area contributed by atoms with E-state index in [0.717, 1.165) is 24.6 Å². The first-order valence-electron chi connectivity index (χ1n) is 7.02. The van der Waals surface area contributed by atoms with Gasteiger partial charge in [0.15, 0.2) is 0 Å². The molecule has 20 heavy (non-hydrogen) atoms. The largest absolute Gasteiger partial charge is 0.464 e.